The fourth-order valence-electron chi connectivity index (χ4n) is 4.67. The van der Waals surface area contributed by atoms with Gasteiger partial charge in [-0.15, -0.1) is 0 Å². The molecular weight excluding hydrogens is 554 g/mol. The maximum atomic E-state index is 13.5. The molecule has 0 aliphatic rings. The van der Waals surface area contributed by atoms with Crippen LogP contribution < -0.4 is 27.4 Å². The summed E-state index contributed by atoms with van der Waals surface area (Å²) in [6.45, 7) is 2.15. The highest BCUT2D eigenvalue weighted by Crippen LogP contribution is 2.17. The average Bonchev–Trinajstić information content (AvgIpc) is 2.95. The molecule has 12 nitrogen and oxygen atoms in total. The van der Waals surface area contributed by atoms with Crippen molar-refractivity contribution in [1.82, 2.24) is 16.0 Å². The van der Waals surface area contributed by atoms with Crippen LogP contribution >= 0.6 is 0 Å². The number of carboxylic acids is 1. The van der Waals surface area contributed by atoms with Crippen molar-refractivity contribution in [2.24, 2.45) is 11.5 Å². The Hall–Kier alpha value is -4.48. The van der Waals surface area contributed by atoms with Crippen LogP contribution in [0.3, 0.4) is 0 Å². The molecular formula is C31H43N5O7. The maximum Gasteiger partial charge on any atom is 0.305 e. The van der Waals surface area contributed by atoms with Gasteiger partial charge in [-0.05, 0) is 22.8 Å². The van der Waals surface area contributed by atoms with Crippen molar-refractivity contribution in [3.05, 3.63) is 48.0 Å². The van der Waals surface area contributed by atoms with Gasteiger partial charge in [0.05, 0.1) is 12.8 Å². The number of hydrogen-bond acceptors (Lipinski definition) is 6. The maximum absolute atomic E-state index is 13.5. The summed E-state index contributed by atoms with van der Waals surface area (Å²) >= 11 is 0. The summed E-state index contributed by atoms with van der Waals surface area (Å²) in [4.78, 5) is 73.7. The Morgan fingerprint density at radius 3 is 1.95 bits per heavy atom. The average molecular weight is 598 g/mol. The van der Waals surface area contributed by atoms with E-state index in [4.69, 9.17) is 16.6 Å². The van der Waals surface area contributed by atoms with E-state index in [1.165, 1.54) is 6.42 Å². The van der Waals surface area contributed by atoms with Crippen LogP contribution in [-0.4, -0.2) is 58.7 Å². The highest BCUT2D eigenvalue weighted by Gasteiger charge is 2.31. The second kappa shape index (κ2) is 18.1. The van der Waals surface area contributed by atoms with Crippen molar-refractivity contribution in [2.45, 2.75) is 95.7 Å². The Morgan fingerprint density at radius 2 is 1.33 bits per heavy atom. The second-order valence-electron chi connectivity index (χ2n) is 10.7. The lowest BCUT2D eigenvalue weighted by Crippen LogP contribution is -2.57. The molecule has 3 atom stereocenters. The molecule has 234 valence electrons. The molecule has 2 aromatic carbocycles. The minimum absolute atomic E-state index is 0.0905. The van der Waals surface area contributed by atoms with Gasteiger partial charge in [0, 0.05) is 12.8 Å². The third kappa shape index (κ3) is 12.9. The third-order valence-electron chi connectivity index (χ3n) is 6.99. The predicted octanol–water partition coefficient (Wildman–Crippen LogP) is 1.81. The predicted molar refractivity (Wildman–Crippen MR) is 161 cm³/mol. The number of aliphatic carboxylic acids is 1. The summed E-state index contributed by atoms with van der Waals surface area (Å²) in [6, 6.07) is 9.07. The van der Waals surface area contributed by atoms with E-state index in [0.29, 0.717) is 6.42 Å². The van der Waals surface area contributed by atoms with Gasteiger partial charge in [-0.1, -0.05) is 87.9 Å². The Morgan fingerprint density at radius 1 is 0.721 bits per heavy atom. The number of amides is 5. The van der Waals surface area contributed by atoms with Crippen LogP contribution in [0.5, 0.6) is 0 Å². The molecule has 3 unspecified atom stereocenters. The Kier molecular flexibility index (Phi) is 14.6. The molecule has 0 spiro atoms. The van der Waals surface area contributed by atoms with Crippen LogP contribution in [0.4, 0.5) is 0 Å². The largest absolute Gasteiger partial charge is 0.481 e. The smallest absolute Gasteiger partial charge is 0.305 e. The number of rotatable bonds is 20. The number of carboxylic acid groups (broad SMARTS) is 1. The number of nitrogens with one attached hydrogen (secondary N) is 3. The monoisotopic (exact) mass is 597 g/mol. The molecule has 12 heteroatoms. The fourth-order valence-corrected chi connectivity index (χ4v) is 4.67. The molecule has 0 bridgehead atoms. The van der Waals surface area contributed by atoms with Gasteiger partial charge in [0.2, 0.25) is 29.5 Å². The first-order valence-electron chi connectivity index (χ1n) is 14.7. The van der Waals surface area contributed by atoms with Crippen LogP contribution in [0, 0.1) is 0 Å². The normalized spacial score (nSPS) is 13.0. The van der Waals surface area contributed by atoms with E-state index in [2.05, 4.69) is 22.9 Å². The number of benzene rings is 2. The van der Waals surface area contributed by atoms with Gasteiger partial charge in [0.25, 0.3) is 0 Å². The van der Waals surface area contributed by atoms with Gasteiger partial charge in [-0.3, -0.25) is 28.8 Å². The second-order valence-corrected chi connectivity index (χ2v) is 10.7. The molecule has 0 saturated carbocycles. The van der Waals surface area contributed by atoms with Crippen LogP contribution in [0.2, 0.25) is 0 Å². The summed E-state index contributed by atoms with van der Waals surface area (Å²) in [7, 11) is 0. The number of hydrogen-bond donors (Lipinski definition) is 6. The van der Waals surface area contributed by atoms with E-state index in [1.807, 2.05) is 42.5 Å². The van der Waals surface area contributed by atoms with Crippen LogP contribution in [0.15, 0.2) is 42.5 Å². The first-order chi connectivity index (χ1) is 20.5. The molecule has 0 heterocycles. The Bertz CT molecular complexity index is 1280. The summed E-state index contributed by atoms with van der Waals surface area (Å²) in [5.41, 5.74) is 11.2. The van der Waals surface area contributed by atoms with E-state index in [0.717, 1.165) is 48.4 Å². The van der Waals surface area contributed by atoms with E-state index in [9.17, 15) is 28.8 Å². The van der Waals surface area contributed by atoms with E-state index >= 15 is 0 Å². The van der Waals surface area contributed by atoms with E-state index in [1.54, 1.807) is 0 Å². The lowest BCUT2D eigenvalue weighted by molar-refractivity contribution is -0.140. The highest BCUT2D eigenvalue weighted by molar-refractivity contribution is 5.97. The van der Waals surface area contributed by atoms with Crippen molar-refractivity contribution in [1.29, 1.82) is 0 Å². The number of unbranched alkanes of at least 4 members (excludes halogenated alkanes) is 6. The lowest BCUT2D eigenvalue weighted by Gasteiger charge is -2.24. The first kappa shape index (κ1) is 34.7. The van der Waals surface area contributed by atoms with Gasteiger partial charge < -0.3 is 32.5 Å². The summed E-state index contributed by atoms with van der Waals surface area (Å²) < 4.78 is 0. The van der Waals surface area contributed by atoms with Crippen LogP contribution in [0.1, 0.15) is 76.7 Å². The van der Waals surface area contributed by atoms with E-state index in [-0.39, 0.29) is 18.7 Å². The number of primary amides is 2. The number of nitrogens with two attached hydrogens (primary N) is 2. The molecule has 0 aromatic heterocycles. The molecule has 0 fully saturated rings. The van der Waals surface area contributed by atoms with Crippen molar-refractivity contribution in [3.63, 3.8) is 0 Å². The minimum atomic E-state index is -1.58. The molecule has 0 aliphatic carbocycles. The van der Waals surface area contributed by atoms with Gasteiger partial charge in [-0.2, -0.15) is 0 Å². The molecule has 8 N–H and O–H groups in total. The van der Waals surface area contributed by atoms with Crippen molar-refractivity contribution in [3.8, 4) is 0 Å². The van der Waals surface area contributed by atoms with Gasteiger partial charge in [0.1, 0.15) is 18.1 Å². The topological polar surface area (TPSA) is 211 Å². The summed E-state index contributed by atoms with van der Waals surface area (Å²) in [6.07, 6.45) is 6.05. The Labute approximate surface area is 251 Å². The summed E-state index contributed by atoms with van der Waals surface area (Å²) in [5, 5.41) is 18.3. The molecule has 0 aliphatic heterocycles. The standard InChI is InChI=1S/C31H43N5O7/c1-2-3-4-5-6-7-8-13-27(38)34-24(17-20-14-15-21-11-9-10-12-22(21)16-20)30(42)36-25(18-26(32)37)31(43)35-23(29(33)41)19-28(39)40/h9-12,14-16,23-25H,2-8,13,17-19H2,1H3,(H2,32,37)(H2,33,41)(H,34,38)(H,35,43)(H,36,42)(H,39,40). The number of carbonyl (C=O) groups excluding carboxylic acids is 5. The zero-order valence-corrected chi connectivity index (χ0v) is 24.6. The lowest BCUT2D eigenvalue weighted by atomic mass is 10.00. The molecule has 0 radical (unpaired) electrons. The van der Waals surface area contributed by atoms with Crippen molar-refractivity contribution in [2.75, 3.05) is 0 Å². The van der Waals surface area contributed by atoms with Crippen LogP contribution in [-0.2, 0) is 35.2 Å². The zero-order chi connectivity index (χ0) is 31.8. The first-order valence-corrected chi connectivity index (χ1v) is 14.7. The number of fused-ring (bicyclic) bond motifs is 1. The molecule has 2 aromatic rings. The number of carbonyl (C=O) groups is 6. The highest BCUT2D eigenvalue weighted by atomic mass is 16.4. The van der Waals surface area contributed by atoms with Crippen molar-refractivity contribution >= 4 is 46.3 Å². The molecule has 2 rings (SSSR count). The van der Waals surface area contributed by atoms with Gasteiger partial charge in [-0.25, -0.2) is 0 Å². The van der Waals surface area contributed by atoms with Gasteiger partial charge >= 0.3 is 5.97 Å². The minimum Gasteiger partial charge on any atom is -0.481 e. The van der Waals surface area contributed by atoms with Crippen LogP contribution in [0.25, 0.3) is 10.8 Å². The summed E-state index contributed by atoms with van der Waals surface area (Å²) in [5.74, 6) is -5.53. The SMILES string of the molecule is CCCCCCCCCC(=O)NC(Cc1ccc2ccccc2c1)C(=O)NC(CC(N)=O)C(=O)NC(CC(=O)O)C(N)=O. The molecule has 5 amide bonds. The van der Waals surface area contributed by atoms with E-state index < -0.39 is 60.6 Å². The van der Waals surface area contributed by atoms with Gasteiger partial charge in [0.15, 0.2) is 0 Å². The quantitative estimate of drug-likeness (QED) is 0.125. The molecule has 43 heavy (non-hydrogen) atoms. The molecule has 0 saturated heterocycles. The van der Waals surface area contributed by atoms with Crippen molar-refractivity contribution < 1.29 is 33.9 Å². The Balaban J connectivity index is 2.19. The third-order valence-corrected chi connectivity index (χ3v) is 6.99. The zero-order valence-electron chi connectivity index (χ0n) is 24.6. The fraction of sp³-hybridized carbons (Fsp3) is 0.484.